The number of hydrogen-bond donors (Lipinski definition) is 0. The molecule has 0 aliphatic rings. The van der Waals surface area contributed by atoms with E-state index < -0.39 is 0 Å². The lowest BCUT2D eigenvalue weighted by molar-refractivity contribution is 1.22. The number of hydrogen-bond acceptors (Lipinski definition) is 3. The maximum Gasteiger partial charge on any atom is 0.170 e. The largest absolute Gasteiger partial charge is 0.244 e. The summed E-state index contributed by atoms with van der Waals surface area (Å²) in [6.45, 7) is 0. The van der Waals surface area contributed by atoms with Gasteiger partial charge in [0.15, 0.2) is 7.85 Å². The molecule has 0 fully saturated rings. The molecule has 0 bridgehead atoms. The SMILES string of the molecule is [B]c1nc(-c2ccccc2)c(C#N)c(-c2ccccc2)n1. The first-order chi connectivity index (χ1) is 10.3. The van der Waals surface area contributed by atoms with Crippen LogP contribution in [0.2, 0.25) is 0 Å². The second-order valence-electron chi connectivity index (χ2n) is 4.50. The molecule has 0 saturated heterocycles. The van der Waals surface area contributed by atoms with Crippen LogP contribution >= 0.6 is 0 Å². The summed E-state index contributed by atoms with van der Waals surface area (Å²) in [5.41, 5.74) is 3.41. The van der Waals surface area contributed by atoms with Gasteiger partial charge in [-0.25, -0.2) is 9.97 Å². The maximum atomic E-state index is 9.54. The topological polar surface area (TPSA) is 49.6 Å². The molecule has 0 aliphatic carbocycles. The van der Waals surface area contributed by atoms with E-state index in [4.69, 9.17) is 7.85 Å². The molecule has 0 N–H and O–H groups in total. The number of benzene rings is 2. The summed E-state index contributed by atoms with van der Waals surface area (Å²) in [4.78, 5) is 8.49. The zero-order valence-electron chi connectivity index (χ0n) is 11.2. The molecular weight excluding hydrogens is 257 g/mol. The van der Waals surface area contributed by atoms with Crippen molar-refractivity contribution >= 4 is 13.6 Å². The van der Waals surface area contributed by atoms with E-state index in [1.54, 1.807) is 0 Å². The first-order valence-corrected chi connectivity index (χ1v) is 6.48. The highest BCUT2D eigenvalue weighted by molar-refractivity contribution is 6.29. The van der Waals surface area contributed by atoms with Crippen molar-refractivity contribution in [1.29, 1.82) is 5.26 Å². The van der Waals surface area contributed by atoms with Gasteiger partial charge < -0.3 is 0 Å². The molecule has 3 aromatic rings. The third-order valence-electron chi connectivity index (χ3n) is 3.13. The van der Waals surface area contributed by atoms with Gasteiger partial charge in [0.1, 0.15) is 11.6 Å². The molecule has 3 rings (SSSR count). The summed E-state index contributed by atoms with van der Waals surface area (Å²) in [6.07, 6.45) is 0. The Morgan fingerprint density at radius 1 is 0.762 bits per heavy atom. The van der Waals surface area contributed by atoms with E-state index >= 15 is 0 Å². The fraction of sp³-hybridized carbons (Fsp3) is 0. The maximum absolute atomic E-state index is 9.54. The zero-order valence-corrected chi connectivity index (χ0v) is 11.2. The molecular formula is C17H10BN3. The minimum absolute atomic E-state index is 0.159. The Morgan fingerprint density at radius 3 is 1.57 bits per heavy atom. The summed E-state index contributed by atoms with van der Waals surface area (Å²) >= 11 is 0. The Hall–Kier alpha value is -2.93. The average Bonchev–Trinajstić information content (AvgIpc) is 2.55. The molecule has 2 radical (unpaired) electrons. The van der Waals surface area contributed by atoms with Crippen molar-refractivity contribution in [1.82, 2.24) is 9.97 Å². The van der Waals surface area contributed by atoms with E-state index in [9.17, 15) is 5.26 Å². The third kappa shape index (κ3) is 2.54. The molecule has 0 spiro atoms. The summed E-state index contributed by atoms with van der Waals surface area (Å²) in [5.74, 6) is 0. The standard InChI is InChI=1S/C17H10BN3/c18-17-20-15(12-7-3-1-4-8-12)14(11-19)16(21-17)13-9-5-2-6-10-13/h1-10H. The molecule has 96 valence electrons. The molecule has 0 atom stereocenters. The quantitative estimate of drug-likeness (QED) is 0.670. The van der Waals surface area contributed by atoms with E-state index in [-0.39, 0.29) is 5.72 Å². The minimum atomic E-state index is 0.159. The Labute approximate surface area is 124 Å². The van der Waals surface area contributed by atoms with Crippen molar-refractivity contribution in [2.45, 2.75) is 0 Å². The Kier molecular flexibility index (Phi) is 3.49. The van der Waals surface area contributed by atoms with E-state index in [0.717, 1.165) is 11.1 Å². The van der Waals surface area contributed by atoms with Crippen molar-refractivity contribution in [3.05, 3.63) is 66.2 Å². The molecule has 2 aromatic carbocycles. The van der Waals surface area contributed by atoms with Crippen LogP contribution < -0.4 is 5.72 Å². The van der Waals surface area contributed by atoms with Crippen LogP contribution in [0.5, 0.6) is 0 Å². The zero-order chi connectivity index (χ0) is 14.7. The molecule has 0 saturated carbocycles. The monoisotopic (exact) mass is 267 g/mol. The van der Waals surface area contributed by atoms with Crippen molar-refractivity contribution in [3.8, 4) is 28.6 Å². The Balaban J connectivity index is 2.29. The molecule has 0 aliphatic heterocycles. The highest BCUT2D eigenvalue weighted by Gasteiger charge is 2.15. The van der Waals surface area contributed by atoms with Crippen LogP contribution in [0, 0.1) is 11.3 Å². The molecule has 21 heavy (non-hydrogen) atoms. The van der Waals surface area contributed by atoms with Crippen LogP contribution in [0.25, 0.3) is 22.5 Å². The van der Waals surface area contributed by atoms with Crippen LogP contribution in [0.3, 0.4) is 0 Å². The van der Waals surface area contributed by atoms with Crippen molar-refractivity contribution in [2.75, 3.05) is 0 Å². The van der Waals surface area contributed by atoms with Gasteiger partial charge in [-0.2, -0.15) is 5.26 Å². The van der Waals surface area contributed by atoms with Crippen molar-refractivity contribution < 1.29 is 0 Å². The number of nitriles is 1. The molecule has 1 aromatic heterocycles. The number of aromatic nitrogens is 2. The third-order valence-corrected chi connectivity index (χ3v) is 3.13. The average molecular weight is 267 g/mol. The van der Waals surface area contributed by atoms with Gasteiger partial charge in [-0.15, -0.1) is 0 Å². The van der Waals surface area contributed by atoms with E-state index in [2.05, 4.69) is 16.0 Å². The predicted molar refractivity (Wildman–Crippen MR) is 83.0 cm³/mol. The van der Waals surface area contributed by atoms with E-state index in [0.29, 0.717) is 17.0 Å². The summed E-state index contributed by atoms with van der Waals surface area (Å²) in [7, 11) is 5.83. The smallest absolute Gasteiger partial charge is 0.170 e. The highest BCUT2D eigenvalue weighted by atomic mass is 14.9. The normalized spacial score (nSPS) is 10.0. The number of nitrogens with zero attached hydrogens (tertiary/aromatic N) is 3. The first kappa shape index (κ1) is 13.1. The van der Waals surface area contributed by atoms with Crippen LogP contribution in [0.4, 0.5) is 0 Å². The van der Waals surface area contributed by atoms with Gasteiger partial charge in [0.25, 0.3) is 0 Å². The molecule has 3 nitrogen and oxygen atoms in total. The lowest BCUT2D eigenvalue weighted by Crippen LogP contribution is -2.17. The minimum Gasteiger partial charge on any atom is -0.244 e. The second kappa shape index (κ2) is 5.60. The van der Waals surface area contributed by atoms with Crippen LogP contribution in [0.1, 0.15) is 5.56 Å². The summed E-state index contributed by atoms with van der Waals surface area (Å²) in [6, 6.07) is 21.2. The number of rotatable bonds is 2. The van der Waals surface area contributed by atoms with Crippen LogP contribution in [-0.4, -0.2) is 17.8 Å². The molecule has 0 unspecified atom stereocenters. The lowest BCUT2D eigenvalue weighted by atomic mass is 9.99. The summed E-state index contributed by atoms with van der Waals surface area (Å²) < 4.78 is 0. The molecule has 4 heteroatoms. The van der Waals surface area contributed by atoms with Gasteiger partial charge in [0, 0.05) is 11.1 Å². The van der Waals surface area contributed by atoms with Gasteiger partial charge in [-0.05, 0) is 0 Å². The van der Waals surface area contributed by atoms with Gasteiger partial charge in [0.05, 0.1) is 17.1 Å². The van der Waals surface area contributed by atoms with Crippen LogP contribution in [-0.2, 0) is 0 Å². The fourth-order valence-corrected chi connectivity index (χ4v) is 2.19. The summed E-state index contributed by atoms with van der Waals surface area (Å²) in [5, 5.41) is 9.54. The molecule has 1 heterocycles. The van der Waals surface area contributed by atoms with E-state index in [1.807, 2.05) is 60.7 Å². The van der Waals surface area contributed by atoms with Crippen LogP contribution in [0.15, 0.2) is 60.7 Å². The van der Waals surface area contributed by atoms with Crippen molar-refractivity contribution in [2.24, 2.45) is 0 Å². The second-order valence-corrected chi connectivity index (χ2v) is 4.50. The first-order valence-electron chi connectivity index (χ1n) is 6.48. The Bertz CT molecular complexity index is 748. The predicted octanol–water partition coefficient (Wildman–Crippen LogP) is 2.48. The fourth-order valence-electron chi connectivity index (χ4n) is 2.19. The molecule has 0 amide bonds. The van der Waals surface area contributed by atoms with Gasteiger partial charge in [0.2, 0.25) is 0 Å². The highest BCUT2D eigenvalue weighted by Crippen LogP contribution is 2.27. The van der Waals surface area contributed by atoms with E-state index in [1.165, 1.54) is 0 Å². The van der Waals surface area contributed by atoms with Gasteiger partial charge in [-0.3, -0.25) is 0 Å². The lowest BCUT2D eigenvalue weighted by Gasteiger charge is -2.10. The van der Waals surface area contributed by atoms with Gasteiger partial charge >= 0.3 is 0 Å². The van der Waals surface area contributed by atoms with Crippen molar-refractivity contribution in [3.63, 3.8) is 0 Å². The Morgan fingerprint density at radius 2 is 1.19 bits per heavy atom. The van der Waals surface area contributed by atoms with Gasteiger partial charge in [-0.1, -0.05) is 60.7 Å².